The molecule has 0 saturated carbocycles. The highest BCUT2D eigenvalue weighted by molar-refractivity contribution is 5.70. The molecule has 198 valence electrons. The van der Waals surface area contributed by atoms with Crippen LogP contribution in [-0.4, -0.2) is 36.6 Å². The summed E-state index contributed by atoms with van der Waals surface area (Å²) in [6.07, 6.45) is 26.4. The summed E-state index contributed by atoms with van der Waals surface area (Å²) in [4.78, 5) is 34.6. The van der Waals surface area contributed by atoms with Crippen molar-refractivity contribution in [2.45, 2.75) is 102 Å². The zero-order valence-corrected chi connectivity index (χ0v) is 21.9. The summed E-state index contributed by atoms with van der Waals surface area (Å²) in [5, 5.41) is 11.9. The summed E-state index contributed by atoms with van der Waals surface area (Å²) in [5.74, 6) is -0.982. The zero-order valence-electron chi connectivity index (χ0n) is 21.9. The average Bonchev–Trinajstić information content (AvgIpc) is 2.86. The van der Waals surface area contributed by atoms with Gasteiger partial charge in [0.05, 0.1) is 27.1 Å². The molecule has 0 N–H and O–H groups in total. The number of ether oxygens (including phenoxy) is 2. The topological polar surface area (TPSA) is 95.7 Å². The lowest BCUT2D eigenvalue weighted by atomic mass is 9.84. The third-order valence-electron chi connectivity index (χ3n) is 5.90. The number of carbonyl (C=O) groups is 2. The molecule has 0 heterocycles. The van der Waals surface area contributed by atoms with E-state index < -0.39 is 17.5 Å². The van der Waals surface area contributed by atoms with Gasteiger partial charge in [0.2, 0.25) is 5.54 Å². The molecule has 0 spiro atoms. The van der Waals surface area contributed by atoms with E-state index >= 15 is 0 Å². The Bertz CT molecular complexity index is 688. The van der Waals surface area contributed by atoms with E-state index in [1.54, 1.807) is 0 Å². The van der Waals surface area contributed by atoms with Crippen molar-refractivity contribution in [2.75, 3.05) is 14.2 Å². The Labute approximate surface area is 211 Å². The fourth-order valence-electron chi connectivity index (χ4n) is 3.63. The molecule has 7 heteroatoms. The van der Waals surface area contributed by atoms with Crippen molar-refractivity contribution in [3.8, 4) is 0 Å². The molecule has 0 unspecified atom stereocenters. The van der Waals surface area contributed by atoms with Crippen molar-refractivity contribution in [3.05, 3.63) is 58.7 Å². The van der Waals surface area contributed by atoms with E-state index in [2.05, 4.69) is 58.9 Å². The molecular formula is C28H45NO6. The number of hydrogen-bond acceptors (Lipinski definition) is 6. The van der Waals surface area contributed by atoms with Crippen LogP contribution in [0.1, 0.15) is 96.8 Å². The summed E-state index contributed by atoms with van der Waals surface area (Å²) < 4.78 is 9.27. The van der Waals surface area contributed by atoms with Crippen molar-refractivity contribution >= 4 is 11.9 Å². The number of nitro groups is 1. The minimum absolute atomic E-state index is 0.0400. The molecule has 0 aliphatic carbocycles. The molecule has 0 aromatic carbocycles. The summed E-state index contributed by atoms with van der Waals surface area (Å²) in [6, 6.07) is 0. The van der Waals surface area contributed by atoms with Crippen LogP contribution < -0.4 is 0 Å². The minimum atomic E-state index is -1.34. The van der Waals surface area contributed by atoms with Crippen molar-refractivity contribution in [2.24, 2.45) is 0 Å². The maximum atomic E-state index is 11.9. The van der Waals surface area contributed by atoms with Gasteiger partial charge in [0.15, 0.2) is 0 Å². The van der Waals surface area contributed by atoms with E-state index in [1.807, 2.05) is 6.08 Å². The Morgan fingerprint density at radius 1 is 0.714 bits per heavy atom. The lowest BCUT2D eigenvalue weighted by molar-refractivity contribution is -0.574. The first-order chi connectivity index (χ1) is 16.9. The van der Waals surface area contributed by atoms with Crippen LogP contribution in [0.4, 0.5) is 0 Å². The molecule has 0 saturated heterocycles. The highest BCUT2D eigenvalue weighted by atomic mass is 16.6. The maximum absolute atomic E-state index is 11.9. The fourth-order valence-corrected chi connectivity index (χ4v) is 3.63. The molecular weight excluding hydrogens is 446 g/mol. The fraction of sp³-hybridized carbons (Fsp3) is 0.643. The Kier molecular flexibility index (Phi) is 20.1. The Balaban J connectivity index is 4.37. The highest BCUT2D eigenvalue weighted by Crippen LogP contribution is 2.30. The second-order valence-corrected chi connectivity index (χ2v) is 8.61. The SMILES string of the molecule is CCCCCC=CCC=CCC=CCC=CCCCC(CCC(=O)OC)(CCC(=O)OC)[N+](=O)[O-]. The first-order valence-corrected chi connectivity index (χ1v) is 12.8. The molecule has 0 aliphatic heterocycles. The molecule has 0 atom stereocenters. The normalized spacial score (nSPS) is 12.3. The third kappa shape index (κ3) is 17.4. The summed E-state index contributed by atoms with van der Waals surface area (Å²) in [6.45, 7) is 2.22. The number of carbonyl (C=O) groups excluding carboxylic acids is 2. The first kappa shape index (κ1) is 32.3. The van der Waals surface area contributed by atoms with Crippen LogP contribution in [0.15, 0.2) is 48.6 Å². The number of unbranched alkanes of at least 4 members (excludes halogenated alkanes) is 4. The van der Waals surface area contributed by atoms with Crippen molar-refractivity contribution in [3.63, 3.8) is 0 Å². The smallest absolute Gasteiger partial charge is 0.305 e. The molecule has 0 aromatic heterocycles. The number of nitrogens with zero attached hydrogens (tertiary/aromatic N) is 1. The predicted molar refractivity (Wildman–Crippen MR) is 141 cm³/mol. The van der Waals surface area contributed by atoms with E-state index in [0.717, 1.165) is 19.3 Å². The summed E-state index contributed by atoms with van der Waals surface area (Å²) >= 11 is 0. The molecule has 0 amide bonds. The number of hydrogen-bond donors (Lipinski definition) is 0. The quantitative estimate of drug-likeness (QED) is 0.0561. The van der Waals surface area contributed by atoms with Gasteiger partial charge in [0, 0.05) is 24.2 Å². The third-order valence-corrected chi connectivity index (χ3v) is 5.90. The Morgan fingerprint density at radius 2 is 1.14 bits per heavy atom. The average molecular weight is 492 g/mol. The van der Waals surface area contributed by atoms with Gasteiger partial charge < -0.3 is 9.47 Å². The largest absolute Gasteiger partial charge is 0.469 e. The van der Waals surface area contributed by atoms with Crippen LogP contribution in [0.5, 0.6) is 0 Å². The van der Waals surface area contributed by atoms with Crippen LogP contribution >= 0.6 is 0 Å². The molecule has 7 nitrogen and oxygen atoms in total. The Hall–Kier alpha value is -2.70. The van der Waals surface area contributed by atoms with Crippen LogP contribution in [0.3, 0.4) is 0 Å². The van der Waals surface area contributed by atoms with Gasteiger partial charge in [-0.15, -0.1) is 0 Å². The molecule has 0 rings (SSSR count). The van der Waals surface area contributed by atoms with E-state index in [1.165, 1.54) is 39.9 Å². The second-order valence-electron chi connectivity index (χ2n) is 8.61. The van der Waals surface area contributed by atoms with E-state index in [9.17, 15) is 19.7 Å². The monoisotopic (exact) mass is 491 g/mol. The van der Waals surface area contributed by atoms with Gasteiger partial charge in [-0.25, -0.2) is 0 Å². The van der Waals surface area contributed by atoms with Gasteiger partial charge in [0.25, 0.3) is 0 Å². The Morgan fingerprint density at radius 3 is 1.54 bits per heavy atom. The van der Waals surface area contributed by atoms with Crippen LogP contribution in [0.25, 0.3) is 0 Å². The van der Waals surface area contributed by atoms with Crippen LogP contribution in [0, 0.1) is 10.1 Å². The van der Waals surface area contributed by atoms with Gasteiger partial charge in [-0.05, 0) is 44.9 Å². The zero-order chi connectivity index (χ0) is 26.2. The van der Waals surface area contributed by atoms with Crippen LogP contribution in [-0.2, 0) is 19.1 Å². The van der Waals surface area contributed by atoms with Gasteiger partial charge in [-0.3, -0.25) is 19.7 Å². The van der Waals surface area contributed by atoms with Crippen molar-refractivity contribution in [1.82, 2.24) is 0 Å². The van der Waals surface area contributed by atoms with Gasteiger partial charge >= 0.3 is 11.9 Å². The second kappa shape index (κ2) is 21.8. The number of methoxy groups -OCH3 is 2. The van der Waals surface area contributed by atoms with E-state index in [0.29, 0.717) is 12.8 Å². The molecule has 0 aliphatic rings. The predicted octanol–water partition coefficient (Wildman–Crippen LogP) is 7.05. The standard InChI is InChI=1S/C28H45NO6/c1-4-5-6-7-8-9-10-11-12-13-14-15-16-17-18-19-20-23-28(29(32)33,24-21-26(30)34-2)25-22-27(31)35-3/h8-9,11-12,14-15,17-18H,4-7,10,13,16,19-25H2,1-3H3. The van der Waals surface area contributed by atoms with Gasteiger partial charge in [-0.1, -0.05) is 68.4 Å². The van der Waals surface area contributed by atoms with Crippen LogP contribution in [0.2, 0.25) is 0 Å². The summed E-state index contributed by atoms with van der Waals surface area (Å²) in [7, 11) is 2.52. The molecule has 0 radical (unpaired) electrons. The van der Waals surface area contributed by atoms with E-state index in [4.69, 9.17) is 0 Å². The lowest BCUT2D eigenvalue weighted by Crippen LogP contribution is -2.39. The number of rotatable bonds is 21. The first-order valence-electron chi connectivity index (χ1n) is 12.8. The maximum Gasteiger partial charge on any atom is 0.305 e. The molecule has 0 fully saturated rings. The van der Waals surface area contributed by atoms with E-state index in [-0.39, 0.29) is 37.0 Å². The molecule has 0 bridgehead atoms. The van der Waals surface area contributed by atoms with Gasteiger partial charge in [-0.2, -0.15) is 0 Å². The minimum Gasteiger partial charge on any atom is -0.469 e. The highest BCUT2D eigenvalue weighted by Gasteiger charge is 2.42. The molecule has 35 heavy (non-hydrogen) atoms. The summed E-state index contributed by atoms with van der Waals surface area (Å²) in [5.41, 5.74) is -1.34. The number of esters is 2. The lowest BCUT2D eigenvalue weighted by Gasteiger charge is -2.24. The molecule has 0 aromatic rings. The van der Waals surface area contributed by atoms with Crippen molar-refractivity contribution in [1.29, 1.82) is 0 Å². The number of allylic oxidation sites excluding steroid dienone is 8. The van der Waals surface area contributed by atoms with Crippen molar-refractivity contribution < 1.29 is 24.0 Å². The van der Waals surface area contributed by atoms with Gasteiger partial charge in [0.1, 0.15) is 0 Å².